The number of fused-ring (bicyclic) bond motifs is 3. The number of halogens is 1. The maximum atomic E-state index is 14.9. The van der Waals surface area contributed by atoms with Crippen molar-refractivity contribution in [3.63, 3.8) is 0 Å². The summed E-state index contributed by atoms with van der Waals surface area (Å²) in [5, 5.41) is 2.53. The van der Waals surface area contributed by atoms with Gasteiger partial charge in [0, 0.05) is 16.6 Å². The van der Waals surface area contributed by atoms with Crippen LogP contribution in [0.5, 0.6) is 0 Å². The van der Waals surface area contributed by atoms with Crippen LogP contribution < -0.4 is 9.75 Å². The molecule has 28 heavy (non-hydrogen) atoms. The fourth-order valence-corrected chi connectivity index (χ4v) is 4.87. The van der Waals surface area contributed by atoms with E-state index < -0.39 is 8.07 Å². The first-order valence-corrected chi connectivity index (χ1v) is 12.7. The summed E-state index contributed by atoms with van der Waals surface area (Å²) in [6.07, 6.45) is 2.18. The molecule has 2 heterocycles. The molecule has 0 N–H and O–H groups in total. The number of furan rings is 1. The van der Waals surface area contributed by atoms with Gasteiger partial charge in [0.15, 0.2) is 17.5 Å². The Morgan fingerprint density at radius 1 is 1.11 bits per heavy atom. The molecule has 4 aromatic rings. The minimum atomic E-state index is -1.43. The van der Waals surface area contributed by atoms with Gasteiger partial charge in [-0.3, -0.25) is 0 Å². The predicted molar refractivity (Wildman–Crippen MR) is 114 cm³/mol. The van der Waals surface area contributed by atoms with E-state index in [0.717, 1.165) is 16.8 Å². The molecule has 2 aromatic carbocycles. The van der Waals surface area contributed by atoms with Crippen LogP contribution in [0.1, 0.15) is 5.56 Å². The fraction of sp³-hybridized carbons (Fsp3) is 0.217. The van der Waals surface area contributed by atoms with Gasteiger partial charge in [-0.05, 0) is 24.6 Å². The number of hydrogen-bond acceptors (Lipinski definition) is 1. The summed E-state index contributed by atoms with van der Waals surface area (Å²) in [6.45, 7) is 16.1. The Kier molecular flexibility index (Phi) is 4.13. The molecule has 0 spiro atoms. The van der Waals surface area contributed by atoms with Gasteiger partial charge in [0.05, 0.1) is 25.6 Å². The second-order valence-corrected chi connectivity index (χ2v) is 13.4. The Balaban J connectivity index is 2.06. The molecule has 0 amide bonds. The van der Waals surface area contributed by atoms with Crippen molar-refractivity contribution in [3.8, 4) is 11.3 Å². The number of benzene rings is 2. The molecule has 0 atom stereocenters. The standard InChI is InChI=1S/C23H22FN2OSi/c1-14-11-18(24)22-17-9-7-15(25-2)12-20(17)27-23(22)21(14)19-10-8-16(13-26(19)3)28(4,5)6/h7-13H,1,3-6H3/q+1. The average Bonchev–Trinajstić information content (AvgIpc) is 3.00. The molecule has 0 bridgehead atoms. The van der Waals surface area contributed by atoms with Gasteiger partial charge in [0.1, 0.15) is 18.4 Å². The number of rotatable bonds is 2. The maximum Gasteiger partial charge on any atom is 0.216 e. The number of pyridine rings is 1. The number of nitrogens with zero attached hydrogens (tertiary/aromatic N) is 2. The van der Waals surface area contributed by atoms with E-state index >= 15 is 0 Å². The Labute approximate surface area is 164 Å². The van der Waals surface area contributed by atoms with E-state index in [1.54, 1.807) is 24.3 Å². The topological polar surface area (TPSA) is 21.4 Å². The molecule has 5 heteroatoms. The molecular formula is C23H22FN2OSi+. The van der Waals surface area contributed by atoms with Gasteiger partial charge in [-0.25, -0.2) is 13.8 Å². The zero-order valence-electron chi connectivity index (χ0n) is 16.7. The first-order valence-electron chi connectivity index (χ1n) is 9.24. The SMILES string of the molecule is [C-]#[N+]c1ccc2c(c1)oc1c(-c3ccc([Si](C)(C)C)c[n+]3C)c(C)cc(F)c12. The first kappa shape index (κ1) is 18.4. The minimum Gasteiger partial charge on any atom is -0.456 e. The third-order valence-electron chi connectivity index (χ3n) is 5.26. The van der Waals surface area contributed by atoms with Crippen molar-refractivity contribution in [2.45, 2.75) is 26.6 Å². The summed E-state index contributed by atoms with van der Waals surface area (Å²) in [7, 11) is 0.587. The molecule has 0 fully saturated rings. The van der Waals surface area contributed by atoms with Crippen LogP contribution in [0.25, 0.3) is 38.0 Å². The minimum absolute atomic E-state index is 0.299. The van der Waals surface area contributed by atoms with Gasteiger partial charge in [-0.15, -0.1) is 0 Å². The molecule has 0 aliphatic rings. The molecular weight excluding hydrogens is 367 g/mol. The van der Waals surface area contributed by atoms with E-state index in [2.05, 4.69) is 47.4 Å². The third kappa shape index (κ3) is 2.81. The smallest absolute Gasteiger partial charge is 0.216 e. The summed E-state index contributed by atoms with van der Waals surface area (Å²) in [5.41, 5.74) is 4.25. The van der Waals surface area contributed by atoms with Crippen LogP contribution in [0.15, 0.2) is 47.0 Å². The van der Waals surface area contributed by atoms with Crippen LogP contribution >= 0.6 is 0 Å². The molecule has 4 rings (SSSR count). The Morgan fingerprint density at radius 2 is 1.86 bits per heavy atom. The maximum absolute atomic E-state index is 14.9. The van der Waals surface area contributed by atoms with E-state index in [-0.39, 0.29) is 5.82 Å². The van der Waals surface area contributed by atoms with E-state index in [9.17, 15) is 4.39 Å². The number of aromatic nitrogens is 1. The third-order valence-corrected chi connectivity index (χ3v) is 7.29. The predicted octanol–water partition coefficient (Wildman–Crippen LogP) is 5.62. The number of aryl methyl sites for hydroxylation is 2. The van der Waals surface area contributed by atoms with Gasteiger partial charge in [-0.1, -0.05) is 37.8 Å². The van der Waals surface area contributed by atoms with E-state index in [1.807, 2.05) is 14.0 Å². The second-order valence-electron chi connectivity index (χ2n) is 8.31. The Bertz CT molecular complexity index is 1290. The molecule has 0 unspecified atom stereocenters. The van der Waals surface area contributed by atoms with Crippen molar-refractivity contribution in [1.82, 2.24) is 0 Å². The van der Waals surface area contributed by atoms with Gasteiger partial charge in [0.2, 0.25) is 5.69 Å². The quantitative estimate of drug-likeness (QED) is 0.248. The fourth-order valence-electron chi connectivity index (χ4n) is 3.71. The normalized spacial score (nSPS) is 11.9. The molecule has 0 saturated heterocycles. The molecule has 0 aliphatic heterocycles. The van der Waals surface area contributed by atoms with Crippen LogP contribution in [-0.2, 0) is 7.05 Å². The average molecular weight is 390 g/mol. The zero-order valence-corrected chi connectivity index (χ0v) is 17.7. The van der Waals surface area contributed by atoms with E-state index in [4.69, 9.17) is 11.0 Å². The van der Waals surface area contributed by atoms with Crippen molar-refractivity contribution in [2.24, 2.45) is 7.05 Å². The monoisotopic (exact) mass is 389 g/mol. The largest absolute Gasteiger partial charge is 0.456 e. The van der Waals surface area contributed by atoms with Crippen molar-refractivity contribution < 1.29 is 13.4 Å². The molecule has 2 aromatic heterocycles. The lowest BCUT2D eigenvalue weighted by Gasteiger charge is -2.15. The first-order chi connectivity index (χ1) is 13.2. The molecule has 0 radical (unpaired) electrons. The Morgan fingerprint density at radius 3 is 2.50 bits per heavy atom. The van der Waals surface area contributed by atoms with E-state index in [1.165, 1.54) is 5.19 Å². The van der Waals surface area contributed by atoms with Crippen molar-refractivity contribution in [2.75, 3.05) is 0 Å². The summed E-state index contributed by atoms with van der Waals surface area (Å²) in [5.74, 6) is -0.299. The summed E-state index contributed by atoms with van der Waals surface area (Å²) >= 11 is 0. The highest BCUT2D eigenvalue weighted by Crippen LogP contribution is 2.39. The zero-order chi connectivity index (χ0) is 20.2. The molecule has 0 saturated carbocycles. The van der Waals surface area contributed by atoms with Crippen molar-refractivity contribution in [3.05, 3.63) is 65.4 Å². The van der Waals surface area contributed by atoms with Crippen LogP contribution in [0, 0.1) is 19.3 Å². The van der Waals surface area contributed by atoms with Crippen LogP contribution in [-0.4, -0.2) is 8.07 Å². The van der Waals surface area contributed by atoms with Crippen molar-refractivity contribution in [1.29, 1.82) is 0 Å². The van der Waals surface area contributed by atoms with Gasteiger partial charge < -0.3 is 4.42 Å². The highest BCUT2D eigenvalue weighted by atomic mass is 28.3. The molecule has 3 nitrogen and oxygen atoms in total. The summed E-state index contributed by atoms with van der Waals surface area (Å²) in [4.78, 5) is 3.45. The second kappa shape index (κ2) is 6.28. The lowest BCUT2D eigenvalue weighted by molar-refractivity contribution is -0.659. The Hall–Kier alpha value is -2.97. The van der Waals surface area contributed by atoms with E-state index in [0.29, 0.717) is 27.6 Å². The molecule has 140 valence electrons. The van der Waals surface area contributed by atoms with Gasteiger partial charge in [0.25, 0.3) is 0 Å². The van der Waals surface area contributed by atoms with Crippen LogP contribution in [0.2, 0.25) is 19.6 Å². The van der Waals surface area contributed by atoms with Gasteiger partial charge >= 0.3 is 0 Å². The number of hydrogen-bond donors (Lipinski definition) is 0. The van der Waals surface area contributed by atoms with Crippen LogP contribution in [0.3, 0.4) is 0 Å². The lowest BCUT2D eigenvalue weighted by atomic mass is 10.00. The van der Waals surface area contributed by atoms with Gasteiger partial charge in [-0.2, -0.15) is 0 Å². The lowest BCUT2D eigenvalue weighted by Crippen LogP contribution is -2.45. The van der Waals surface area contributed by atoms with Crippen molar-refractivity contribution >= 4 is 40.9 Å². The highest BCUT2D eigenvalue weighted by molar-refractivity contribution is 6.88. The highest BCUT2D eigenvalue weighted by Gasteiger charge is 2.26. The molecule has 0 aliphatic carbocycles. The summed E-state index contributed by atoms with van der Waals surface area (Å²) in [6, 6.07) is 11.0. The summed E-state index contributed by atoms with van der Waals surface area (Å²) < 4.78 is 23.1. The van der Waals surface area contributed by atoms with Crippen LogP contribution in [0.4, 0.5) is 10.1 Å².